The van der Waals surface area contributed by atoms with Crippen molar-refractivity contribution in [3.63, 3.8) is 0 Å². The number of rotatable bonds is 8. The van der Waals surface area contributed by atoms with Crippen LogP contribution in [-0.4, -0.2) is 56.3 Å². The molecule has 0 saturated carbocycles. The molecule has 3 aromatic carbocycles. The molecular weight excluding hydrogens is 505 g/mol. The van der Waals surface area contributed by atoms with Gasteiger partial charge >= 0.3 is 0 Å². The van der Waals surface area contributed by atoms with E-state index in [9.17, 15) is 9.18 Å². The lowest BCUT2D eigenvalue weighted by atomic mass is 10.0. The van der Waals surface area contributed by atoms with E-state index in [1.165, 1.54) is 23.3 Å². The molecule has 1 atom stereocenters. The third-order valence-corrected chi connectivity index (χ3v) is 7.77. The van der Waals surface area contributed by atoms with Gasteiger partial charge in [0, 0.05) is 49.5 Å². The Bertz CT molecular complexity index is 1640. The Morgan fingerprint density at radius 1 is 0.925 bits per heavy atom. The highest BCUT2D eigenvalue weighted by atomic mass is 19.1. The Hall–Kier alpha value is -4.37. The maximum absolute atomic E-state index is 13.6. The molecule has 3 heterocycles. The average molecular weight is 538 g/mol. The number of hydrogen-bond donors (Lipinski definition) is 1. The molecule has 1 N–H and O–H groups in total. The number of halogens is 1. The number of H-pyrrole nitrogens is 1. The summed E-state index contributed by atoms with van der Waals surface area (Å²) in [7, 11) is 0. The average Bonchev–Trinajstić information content (AvgIpc) is 3.45. The largest absolute Gasteiger partial charge is 0.369 e. The molecule has 1 aliphatic heterocycles. The minimum Gasteiger partial charge on any atom is -0.369 e. The van der Waals surface area contributed by atoms with Crippen molar-refractivity contribution in [1.82, 2.24) is 30.1 Å². The third-order valence-electron chi connectivity index (χ3n) is 7.77. The highest BCUT2D eigenvalue weighted by Crippen LogP contribution is 2.29. The molecule has 0 bridgehead atoms. The molecule has 2 aromatic heterocycles. The van der Waals surface area contributed by atoms with Gasteiger partial charge in [-0.2, -0.15) is 0 Å². The molecule has 0 unspecified atom stereocenters. The molecule has 0 spiro atoms. The molecule has 0 radical (unpaired) electrons. The first-order valence-electron chi connectivity index (χ1n) is 13.8. The fraction of sp³-hybridized carbons (Fsp3) is 0.290. The fourth-order valence-corrected chi connectivity index (χ4v) is 5.53. The maximum Gasteiger partial charge on any atom is 0.253 e. The Labute approximate surface area is 232 Å². The zero-order valence-corrected chi connectivity index (χ0v) is 22.5. The molecule has 1 saturated heterocycles. The molecule has 5 aromatic rings. The van der Waals surface area contributed by atoms with E-state index in [0.717, 1.165) is 42.5 Å². The number of aryl methyl sites for hydroxylation is 3. The van der Waals surface area contributed by atoms with E-state index in [2.05, 4.69) is 55.4 Å². The molecule has 40 heavy (non-hydrogen) atoms. The number of fused-ring (bicyclic) bond motifs is 1. The minimum absolute atomic E-state index is 0.139. The second-order valence-electron chi connectivity index (χ2n) is 10.2. The summed E-state index contributed by atoms with van der Waals surface area (Å²) in [6.45, 7) is 5.58. The van der Waals surface area contributed by atoms with Crippen LogP contribution in [0.5, 0.6) is 0 Å². The van der Waals surface area contributed by atoms with Crippen molar-refractivity contribution in [3.8, 4) is 0 Å². The van der Waals surface area contributed by atoms with Gasteiger partial charge in [-0.1, -0.05) is 43.3 Å². The standard InChI is InChI=1S/C31H32FN7O/c1-2-22-8-13-28-24(20-22)21-27(31(40)33-28)29(30-34-35-36-39(30)15-14-23-6-4-3-5-7-23)38-18-16-37(17-19-38)26-11-9-25(32)10-12-26/h3-13,20-21,29H,2,14-19H2,1H3,(H,33,40)/t29-/m0/s1. The van der Waals surface area contributed by atoms with Crippen LogP contribution in [0.25, 0.3) is 10.9 Å². The van der Waals surface area contributed by atoms with Gasteiger partial charge in [0.2, 0.25) is 0 Å². The summed E-state index contributed by atoms with van der Waals surface area (Å²) in [4.78, 5) is 21.2. The topological polar surface area (TPSA) is 82.9 Å². The number of tetrazole rings is 1. The molecular formula is C31H32FN7O. The zero-order valence-electron chi connectivity index (χ0n) is 22.5. The number of hydrogen-bond acceptors (Lipinski definition) is 6. The van der Waals surface area contributed by atoms with Crippen molar-refractivity contribution in [3.05, 3.63) is 118 Å². The van der Waals surface area contributed by atoms with Gasteiger partial charge < -0.3 is 9.88 Å². The second-order valence-corrected chi connectivity index (χ2v) is 10.2. The molecule has 1 aliphatic rings. The predicted molar refractivity (Wildman–Crippen MR) is 154 cm³/mol. The van der Waals surface area contributed by atoms with E-state index in [1.807, 2.05) is 53.2 Å². The lowest BCUT2D eigenvalue weighted by molar-refractivity contribution is 0.199. The Balaban J connectivity index is 1.35. The van der Waals surface area contributed by atoms with Crippen LogP contribution >= 0.6 is 0 Å². The lowest BCUT2D eigenvalue weighted by Crippen LogP contribution is -2.49. The molecule has 0 amide bonds. The lowest BCUT2D eigenvalue weighted by Gasteiger charge is -2.39. The van der Waals surface area contributed by atoms with Crippen LogP contribution in [0.4, 0.5) is 10.1 Å². The van der Waals surface area contributed by atoms with Crippen molar-refractivity contribution in [2.45, 2.75) is 32.4 Å². The number of nitrogens with one attached hydrogen (secondary N) is 1. The van der Waals surface area contributed by atoms with Crippen molar-refractivity contribution >= 4 is 16.6 Å². The third kappa shape index (κ3) is 5.37. The Morgan fingerprint density at radius 3 is 2.45 bits per heavy atom. The number of aromatic amines is 1. The van der Waals surface area contributed by atoms with Crippen LogP contribution in [0.15, 0.2) is 83.7 Å². The van der Waals surface area contributed by atoms with Crippen LogP contribution in [0.3, 0.4) is 0 Å². The fourth-order valence-electron chi connectivity index (χ4n) is 5.53. The van der Waals surface area contributed by atoms with Gasteiger partial charge in [-0.25, -0.2) is 9.07 Å². The molecule has 1 fully saturated rings. The molecule has 8 nitrogen and oxygen atoms in total. The second kappa shape index (κ2) is 11.4. The van der Waals surface area contributed by atoms with Gasteiger partial charge in [0.25, 0.3) is 5.56 Å². The molecule has 204 valence electrons. The van der Waals surface area contributed by atoms with Gasteiger partial charge in [0.15, 0.2) is 5.82 Å². The maximum atomic E-state index is 13.6. The monoisotopic (exact) mass is 537 g/mol. The Kier molecular flexibility index (Phi) is 7.37. The smallest absolute Gasteiger partial charge is 0.253 e. The highest BCUT2D eigenvalue weighted by molar-refractivity contribution is 5.80. The van der Waals surface area contributed by atoms with E-state index in [4.69, 9.17) is 0 Å². The number of aromatic nitrogens is 5. The summed E-state index contributed by atoms with van der Waals surface area (Å²) < 4.78 is 15.3. The molecule has 6 rings (SSSR count). The van der Waals surface area contributed by atoms with E-state index < -0.39 is 6.04 Å². The summed E-state index contributed by atoms with van der Waals surface area (Å²) in [6, 6.07) is 24.6. The van der Waals surface area contributed by atoms with Crippen molar-refractivity contribution < 1.29 is 4.39 Å². The number of anilines is 1. The van der Waals surface area contributed by atoms with E-state index in [0.29, 0.717) is 31.0 Å². The van der Waals surface area contributed by atoms with Gasteiger partial charge in [-0.15, -0.1) is 5.10 Å². The SMILES string of the molecule is CCc1ccc2[nH]c(=O)c([C@@H](c3nnnn3CCc3ccccc3)N3CCN(c4ccc(F)cc4)CC3)cc2c1. The first kappa shape index (κ1) is 25.9. The van der Waals surface area contributed by atoms with Crippen molar-refractivity contribution in [2.24, 2.45) is 0 Å². The van der Waals surface area contributed by atoms with Gasteiger partial charge in [0.1, 0.15) is 11.9 Å². The normalized spacial score (nSPS) is 15.0. The van der Waals surface area contributed by atoms with E-state index in [-0.39, 0.29) is 11.4 Å². The highest BCUT2D eigenvalue weighted by Gasteiger charge is 2.32. The van der Waals surface area contributed by atoms with Gasteiger partial charge in [-0.05, 0) is 82.2 Å². The quantitative estimate of drug-likeness (QED) is 0.317. The van der Waals surface area contributed by atoms with Crippen LogP contribution in [0, 0.1) is 5.82 Å². The molecule has 0 aliphatic carbocycles. The number of pyridine rings is 1. The van der Waals surface area contributed by atoms with Crippen LogP contribution in [0.1, 0.15) is 35.5 Å². The predicted octanol–water partition coefficient (Wildman–Crippen LogP) is 4.37. The van der Waals surface area contributed by atoms with E-state index >= 15 is 0 Å². The first-order valence-corrected chi connectivity index (χ1v) is 13.8. The van der Waals surface area contributed by atoms with Crippen LogP contribution < -0.4 is 10.5 Å². The van der Waals surface area contributed by atoms with Crippen LogP contribution in [0.2, 0.25) is 0 Å². The summed E-state index contributed by atoms with van der Waals surface area (Å²) in [5, 5.41) is 13.8. The van der Waals surface area contributed by atoms with Gasteiger partial charge in [0.05, 0.1) is 0 Å². The van der Waals surface area contributed by atoms with Crippen LogP contribution in [-0.2, 0) is 19.4 Å². The van der Waals surface area contributed by atoms with E-state index in [1.54, 1.807) is 0 Å². The summed E-state index contributed by atoms with van der Waals surface area (Å²) in [6.07, 6.45) is 1.69. The van der Waals surface area contributed by atoms with Crippen molar-refractivity contribution in [2.75, 3.05) is 31.1 Å². The van der Waals surface area contributed by atoms with Crippen molar-refractivity contribution in [1.29, 1.82) is 0 Å². The minimum atomic E-state index is -0.417. The summed E-state index contributed by atoms with van der Waals surface area (Å²) in [5.41, 5.74) is 4.70. The molecule has 9 heteroatoms. The van der Waals surface area contributed by atoms with Gasteiger partial charge in [-0.3, -0.25) is 9.69 Å². The first-order chi connectivity index (χ1) is 19.6. The Morgan fingerprint density at radius 2 is 1.70 bits per heavy atom. The number of piperazine rings is 1. The number of benzene rings is 3. The zero-order chi connectivity index (χ0) is 27.5. The summed E-state index contributed by atoms with van der Waals surface area (Å²) >= 11 is 0. The number of nitrogens with zero attached hydrogens (tertiary/aromatic N) is 6. The summed E-state index contributed by atoms with van der Waals surface area (Å²) in [5.74, 6) is 0.411.